The van der Waals surface area contributed by atoms with Crippen molar-refractivity contribution in [3.63, 3.8) is 0 Å². The van der Waals surface area contributed by atoms with Gasteiger partial charge in [0.1, 0.15) is 17.1 Å². The predicted molar refractivity (Wildman–Crippen MR) is 85.2 cm³/mol. The smallest absolute Gasteiger partial charge is 0.389 e. The molecule has 8 heteroatoms. The largest absolute Gasteiger partial charge is 0.497 e. The number of nitrogens with zero attached hydrogens (tertiary/aromatic N) is 3. The molecule has 0 bridgehead atoms. The summed E-state index contributed by atoms with van der Waals surface area (Å²) < 4.78 is 44.6. The highest BCUT2D eigenvalue weighted by Gasteiger charge is 2.28. The van der Waals surface area contributed by atoms with Gasteiger partial charge in [-0.25, -0.2) is 9.97 Å². The molecule has 0 amide bonds. The number of aryl methyl sites for hydroxylation is 1. The number of fused-ring (bicyclic) bond motifs is 1. The predicted octanol–water partition coefficient (Wildman–Crippen LogP) is 3.74. The zero-order valence-electron chi connectivity index (χ0n) is 13.2. The van der Waals surface area contributed by atoms with E-state index in [2.05, 4.69) is 9.97 Å². The molecule has 2 heterocycles. The van der Waals surface area contributed by atoms with Gasteiger partial charge in [-0.3, -0.25) is 9.36 Å². The van der Waals surface area contributed by atoms with Crippen LogP contribution < -0.4 is 4.74 Å². The highest BCUT2D eigenvalue weighted by molar-refractivity contribution is 5.83. The number of rotatable bonds is 5. The summed E-state index contributed by atoms with van der Waals surface area (Å²) in [5.41, 5.74) is 1.70. The Morgan fingerprint density at radius 2 is 1.96 bits per heavy atom. The number of alkyl halides is 3. The van der Waals surface area contributed by atoms with Gasteiger partial charge < -0.3 is 4.74 Å². The Balaban J connectivity index is 2.12. The van der Waals surface area contributed by atoms with Crippen LogP contribution in [0, 0.1) is 0 Å². The zero-order chi connectivity index (χ0) is 18.0. The van der Waals surface area contributed by atoms with E-state index in [4.69, 9.17) is 4.74 Å². The third kappa shape index (κ3) is 3.62. The number of aromatic nitrogens is 3. The first-order valence-electron chi connectivity index (χ1n) is 7.45. The number of aldehydes is 1. The third-order valence-corrected chi connectivity index (χ3v) is 3.69. The first kappa shape index (κ1) is 16.9. The number of pyridine rings is 1. The molecule has 0 aliphatic carbocycles. The minimum atomic E-state index is -4.29. The molecular formula is C17H14F3N3O2. The van der Waals surface area contributed by atoms with Gasteiger partial charge in [0.05, 0.1) is 13.5 Å². The van der Waals surface area contributed by atoms with E-state index in [1.165, 1.54) is 19.4 Å². The molecule has 0 spiro atoms. The Morgan fingerprint density at radius 3 is 2.56 bits per heavy atom. The standard InChI is InChI=1S/C17H14F3N3O2/c1-25-13-4-2-12(3-5-13)23-15(6-7-17(18,19)20)22-14-8-11(10-24)9-21-16(14)23/h2-5,8-10H,6-7H2,1H3. The third-order valence-electron chi connectivity index (χ3n) is 3.69. The average molecular weight is 349 g/mol. The topological polar surface area (TPSA) is 57.0 Å². The fourth-order valence-corrected chi connectivity index (χ4v) is 2.52. The van der Waals surface area contributed by atoms with Gasteiger partial charge >= 0.3 is 6.18 Å². The van der Waals surface area contributed by atoms with Gasteiger partial charge in [-0.1, -0.05) is 0 Å². The molecule has 3 rings (SSSR count). The summed E-state index contributed by atoms with van der Waals surface area (Å²) in [7, 11) is 1.53. The van der Waals surface area contributed by atoms with Crippen molar-refractivity contribution in [2.75, 3.05) is 7.11 Å². The van der Waals surface area contributed by atoms with E-state index >= 15 is 0 Å². The molecule has 2 aromatic heterocycles. The van der Waals surface area contributed by atoms with Crippen molar-refractivity contribution in [2.45, 2.75) is 19.0 Å². The van der Waals surface area contributed by atoms with Gasteiger partial charge in [0.15, 0.2) is 11.9 Å². The van der Waals surface area contributed by atoms with Crippen molar-refractivity contribution in [2.24, 2.45) is 0 Å². The fourth-order valence-electron chi connectivity index (χ4n) is 2.52. The van der Waals surface area contributed by atoms with Crippen LogP contribution in [-0.4, -0.2) is 34.1 Å². The second kappa shape index (κ2) is 6.54. The monoisotopic (exact) mass is 349 g/mol. The van der Waals surface area contributed by atoms with Gasteiger partial charge in [0, 0.05) is 23.9 Å². The summed E-state index contributed by atoms with van der Waals surface area (Å²) in [6, 6.07) is 8.34. The molecule has 0 saturated heterocycles. The summed E-state index contributed by atoms with van der Waals surface area (Å²) in [4.78, 5) is 19.3. The fraction of sp³-hybridized carbons (Fsp3) is 0.235. The molecule has 1 aromatic carbocycles. The van der Waals surface area contributed by atoms with Crippen LogP contribution in [0.25, 0.3) is 16.9 Å². The van der Waals surface area contributed by atoms with E-state index in [0.29, 0.717) is 34.5 Å². The molecule has 3 aromatic rings. The van der Waals surface area contributed by atoms with Gasteiger partial charge in [0.2, 0.25) is 0 Å². The van der Waals surface area contributed by atoms with Gasteiger partial charge in [-0.2, -0.15) is 13.2 Å². The summed E-state index contributed by atoms with van der Waals surface area (Å²) in [5, 5.41) is 0. The van der Waals surface area contributed by atoms with Crippen molar-refractivity contribution in [3.8, 4) is 11.4 Å². The normalized spacial score (nSPS) is 11.7. The van der Waals surface area contributed by atoms with E-state index < -0.39 is 12.6 Å². The maximum Gasteiger partial charge on any atom is 0.389 e. The molecule has 0 aliphatic heterocycles. The Bertz CT molecular complexity index is 902. The van der Waals surface area contributed by atoms with Crippen molar-refractivity contribution >= 4 is 17.5 Å². The molecule has 0 atom stereocenters. The van der Waals surface area contributed by atoms with Crippen LogP contribution in [0.15, 0.2) is 36.5 Å². The summed E-state index contributed by atoms with van der Waals surface area (Å²) in [6.45, 7) is 0. The quantitative estimate of drug-likeness (QED) is 0.659. The molecule has 0 saturated carbocycles. The molecule has 25 heavy (non-hydrogen) atoms. The number of carbonyl (C=O) groups is 1. The van der Waals surface area contributed by atoms with E-state index in [-0.39, 0.29) is 12.2 Å². The van der Waals surface area contributed by atoms with Crippen LogP contribution in [0.2, 0.25) is 0 Å². The molecule has 0 radical (unpaired) electrons. The highest BCUT2D eigenvalue weighted by Crippen LogP contribution is 2.26. The first-order valence-corrected chi connectivity index (χ1v) is 7.45. The summed E-state index contributed by atoms with van der Waals surface area (Å²) in [6.07, 6.45) is -3.58. The number of methoxy groups -OCH3 is 1. The second-order valence-corrected chi connectivity index (χ2v) is 5.41. The minimum absolute atomic E-state index is 0.230. The minimum Gasteiger partial charge on any atom is -0.497 e. The SMILES string of the molecule is COc1ccc(-n2c(CCC(F)(F)F)nc3cc(C=O)cnc32)cc1. The highest BCUT2D eigenvalue weighted by atomic mass is 19.4. The van der Waals surface area contributed by atoms with Crippen LogP contribution in [0.1, 0.15) is 22.6 Å². The number of hydrogen-bond donors (Lipinski definition) is 0. The second-order valence-electron chi connectivity index (χ2n) is 5.41. The summed E-state index contributed by atoms with van der Waals surface area (Å²) in [5.74, 6) is 0.856. The Morgan fingerprint density at radius 1 is 1.24 bits per heavy atom. The number of imidazole rings is 1. The maximum atomic E-state index is 12.6. The lowest BCUT2D eigenvalue weighted by Gasteiger charge is -2.10. The van der Waals surface area contributed by atoms with Crippen molar-refractivity contribution in [1.82, 2.24) is 14.5 Å². The van der Waals surface area contributed by atoms with Crippen LogP contribution in [0.3, 0.4) is 0 Å². The Labute approximate surface area is 141 Å². The number of carbonyl (C=O) groups excluding carboxylic acids is 1. The number of halogens is 3. The number of hydrogen-bond acceptors (Lipinski definition) is 4. The van der Waals surface area contributed by atoms with Gasteiger partial charge in [0.25, 0.3) is 0 Å². The van der Waals surface area contributed by atoms with Crippen molar-refractivity contribution in [3.05, 3.63) is 47.9 Å². The van der Waals surface area contributed by atoms with Crippen molar-refractivity contribution in [1.29, 1.82) is 0 Å². The van der Waals surface area contributed by atoms with E-state index in [9.17, 15) is 18.0 Å². The molecule has 0 N–H and O–H groups in total. The Hall–Kier alpha value is -2.90. The first-order chi connectivity index (χ1) is 11.9. The molecule has 0 aliphatic rings. The molecule has 130 valence electrons. The lowest BCUT2D eigenvalue weighted by atomic mass is 10.2. The molecule has 0 fully saturated rings. The van der Waals surface area contributed by atoms with Gasteiger partial charge in [-0.05, 0) is 30.3 Å². The van der Waals surface area contributed by atoms with E-state index in [1.807, 2.05) is 0 Å². The van der Waals surface area contributed by atoms with Crippen LogP contribution in [0.5, 0.6) is 5.75 Å². The van der Waals surface area contributed by atoms with E-state index in [0.717, 1.165) is 0 Å². The van der Waals surface area contributed by atoms with Crippen LogP contribution >= 0.6 is 0 Å². The molecular weight excluding hydrogens is 335 g/mol. The average Bonchev–Trinajstić information content (AvgIpc) is 2.97. The van der Waals surface area contributed by atoms with Gasteiger partial charge in [-0.15, -0.1) is 0 Å². The maximum absolute atomic E-state index is 12.6. The zero-order valence-corrected chi connectivity index (χ0v) is 13.2. The number of ether oxygens (including phenoxy) is 1. The van der Waals surface area contributed by atoms with Crippen LogP contribution in [-0.2, 0) is 6.42 Å². The number of benzene rings is 1. The van der Waals surface area contributed by atoms with E-state index in [1.54, 1.807) is 28.8 Å². The Kier molecular flexibility index (Phi) is 4.43. The molecule has 5 nitrogen and oxygen atoms in total. The molecule has 0 unspecified atom stereocenters. The van der Waals surface area contributed by atoms with Crippen molar-refractivity contribution < 1.29 is 22.7 Å². The summed E-state index contributed by atoms with van der Waals surface area (Å²) >= 11 is 0. The van der Waals surface area contributed by atoms with Crippen LogP contribution in [0.4, 0.5) is 13.2 Å². The lowest BCUT2D eigenvalue weighted by molar-refractivity contribution is -0.134. The lowest BCUT2D eigenvalue weighted by Crippen LogP contribution is -2.11.